The van der Waals surface area contributed by atoms with Crippen molar-refractivity contribution in [3.63, 3.8) is 0 Å². The molecule has 0 spiro atoms. The van der Waals surface area contributed by atoms with Crippen molar-refractivity contribution in [1.82, 2.24) is 15.3 Å². The number of rotatable bonds is 4. The van der Waals surface area contributed by atoms with Crippen LogP contribution in [0.4, 0.5) is 20.4 Å². The van der Waals surface area contributed by atoms with Crippen LogP contribution in [0.1, 0.15) is 32.9 Å². The molecule has 10 heteroatoms. The lowest BCUT2D eigenvalue weighted by atomic mass is 9.93. The fraction of sp³-hybridized carbons (Fsp3) is 0.435. The number of nitrogens with one attached hydrogen (secondary N) is 1. The van der Waals surface area contributed by atoms with Crippen molar-refractivity contribution in [1.29, 1.82) is 0 Å². The first kappa shape index (κ1) is 22.0. The number of aryl methyl sites for hydroxylation is 2. The molecule has 5 N–H and O–H groups in total. The monoisotopic (exact) mass is 472 g/mol. The first-order valence-corrected chi connectivity index (χ1v) is 11.8. The summed E-state index contributed by atoms with van der Waals surface area (Å²) in [5, 5.41) is 4.02. The molecule has 2 aliphatic rings. The molecule has 1 saturated heterocycles. The van der Waals surface area contributed by atoms with E-state index < -0.39 is 18.4 Å². The molecular formula is C23H26F2N6OS. The number of nitrogens with two attached hydrogens (primary N) is 2. The largest absolute Gasteiger partial charge is 0.397 e. The third kappa shape index (κ3) is 4.13. The lowest BCUT2D eigenvalue weighted by molar-refractivity contribution is 0.0804. The maximum absolute atomic E-state index is 13.1. The van der Waals surface area contributed by atoms with Crippen LogP contribution in [0.15, 0.2) is 24.4 Å². The van der Waals surface area contributed by atoms with Crippen molar-refractivity contribution < 1.29 is 13.6 Å². The van der Waals surface area contributed by atoms with Gasteiger partial charge in [-0.3, -0.25) is 4.79 Å². The quantitative estimate of drug-likeness (QED) is 0.539. The van der Waals surface area contributed by atoms with Crippen molar-refractivity contribution in [3.8, 4) is 0 Å². The molecule has 1 aromatic carbocycles. The van der Waals surface area contributed by atoms with E-state index in [0.717, 1.165) is 33.3 Å². The van der Waals surface area contributed by atoms with Gasteiger partial charge in [-0.1, -0.05) is 12.1 Å². The van der Waals surface area contributed by atoms with Crippen LogP contribution in [0.5, 0.6) is 0 Å². The van der Waals surface area contributed by atoms with Gasteiger partial charge in [0.05, 0.1) is 11.6 Å². The lowest BCUT2D eigenvalue weighted by Gasteiger charge is -2.26. The molecule has 1 amide bonds. The number of anilines is 2. The fourth-order valence-electron chi connectivity index (χ4n) is 4.70. The van der Waals surface area contributed by atoms with Gasteiger partial charge in [-0.05, 0) is 43.4 Å². The van der Waals surface area contributed by atoms with Gasteiger partial charge in [0.25, 0.3) is 5.91 Å². The SMILES string of the molecule is Cc1ccc2c(N)c(C(=O)N[C@@H]3CCc4nc(N5C[C@@H](N)[C@H](C(F)F)C5)ncc4C3)sc2c1. The highest BCUT2D eigenvalue weighted by Crippen LogP contribution is 2.34. The van der Waals surface area contributed by atoms with Crippen molar-refractivity contribution in [2.75, 3.05) is 23.7 Å². The lowest BCUT2D eigenvalue weighted by Crippen LogP contribution is -2.39. The summed E-state index contributed by atoms with van der Waals surface area (Å²) in [6.45, 7) is 2.49. The Kier molecular flexibility index (Phi) is 5.65. The van der Waals surface area contributed by atoms with Crippen LogP contribution in [0.25, 0.3) is 10.1 Å². The van der Waals surface area contributed by atoms with Crippen molar-refractivity contribution in [2.45, 2.75) is 44.7 Å². The number of benzene rings is 1. The number of thiophene rings is 1. The zero-order chi connectivity index (χ0) is 23.3. The molecule has 7 nitrogen and oxygen atoms in total. The van der Waals surface area contributed by atoms with Crippen LogP contribution < -0.4 is 21.7 Å². The molecule has 1 aliphatic carbocycles. The van der Waals surface area contributed by atoms with Gasteiger partial charge in [0.15, 0.2) is 0 Å². The van der Waals surface area contributed by atoms with Crippen LogP contribution in [0, 0.1) is 12.8 Å². The van der Waals surface area contributed by atoms with E-state index in [4.69, 9.17) is 11.5 Å². The average Bonchev–Trinajstić information content (AvgIpc) is 3.33. The predicted molar refractivity (Wildman–Crippen MR) is 126 cm³/mol. The van der Waals surface area contributed by atoms with Gasteiger partial charge in [0, 0.05) is 47.2 Å². The summed E-state index contributed by atoms with van der Waals surface area (Å²) in [6.07, 6.45) is 1.32. The minimum Gasteiger partial charge on any atom is -0.397 e. The Hall–Kier alpha value is -2.85. The summed E-state index contributed by atoms with van der Waals surface area (Å²) in [4.78, 5) is 24.3. The number of nitrogen functional groups attached to an aromatic ring is 1. The second kappa shape index (κ2) is 8.49. The van der Waals surface area contributed by atoms with E-state index in [0.29, 0.717) is 35.9 Å². The molecule has 1 fully saturated rings. The van der Waals surface area contributed by atoms with Gasteiger partial charge in [0.2, 0.25) is 12.4 Å². The molecule has 174 valence electrons. The Balaban J connectivity index is 1.27. The molecule has 2 aromatic heterocycles. The molecule has 0 bridgehead atoms. The van der Waals surface area contributed by atoms with Crippen LogP contribution >= 0.6 is 11.3 Å². The number of nitrogens with zero attached hydrogens (tertiary/aromatic N) is 3. The third-order valence-corrected chi connectivity index (χ3v) is 7.75. The van der Waals surface area contributed by atoms with Crippen LogP contribution in [-0.2, 0) is 12.8 Å². The maximum atomic E-state index is 13.1. The normalized spacial score (nSPS) is 22.7. The Labute approximate surface area is 194 Å². The van der Waals surface area contributed by atoms with Crippen LogP contribution in [0.3, 0.4) is 0 Å². The molecule has 0 radical (unpaired) electrons. The van der Waals surface area contributed by atoms with Gasteiger partial charge < -0.3 is 21.7 Å². The molecule has 0 unspecified atom stereocenters. The zero-order valence-corrected chi connectivity index (χ0v) is 19.0. The summed E-state index contributed by atoms with van der Waals surface area (Å²) >= 11 is 1.41. The summed E-state index contributed by atoms with van der Waals surface area (Å²) in [5.74, 6) is -0.584. The zero-order valence-electron chi connectivity index (χ0n) is 18.2. The highest BCUT2D eigenvalue weighted by molar-refractivity contribution is 7.21. The van der Waals surface area contributed by atoms with E-state index in [1.54, 1.807) is 11.1 Å². The van der Waals surface area contributed by atoms with Crippen LogP contribution in [0.2, 0.25) is 0 Å². The molecule has 5 rings (SSSR count). The molecule has 3 atom stereocenters. The highest BCUT2D eigenvalue weighted by Gasteiger charge is 2.37. The van der Waals surface area contributed by atoms with Gasteiger partial charge >= 0.3 is 0 Å². The van der Waals surface area contributed by atoms with E-state index in [1.165, 1.54) is 11.3 Å². The minimum atomic E-state index is -2.45. The Morgan fingerprint density at radius 1 is 1.33 bits per heavy atom. The highest BCUT2D eigenvalue weighted by atomic mass is 32.1. The first-order valence-electron chi connectivity index (χ1n) is 11.0. The number of carbonyl (C=O) groups excluding carboxylic acids is 1. The molecule has 0 saturated carbocycles. The van der Waals surface area contributed by atoms with Gasteiger partial charge in [-0.25, -0.2) is 18.7 Å². The van der Waals surface area contributed by atoms with E-state index in [-0.39, 0.29) is 18.5 Å². The molecule has 3 aromatic rings. The Bertz CT molecular complexity index is 1220. The number of aromatic nitrogens is 2. The van der Waals surface area contributed by atoms with Crippen molar-refractivity contribution in [2.24, 2.45) is 11.7 Å². The summed E-state index contributed by atoms with van der Waals surface area (Å²) < 4.78 is 27.3. The Morgan fingerprint density at radius 2 is 2.15 bits per heavy atom. The molecule has 1 aliphatic heterocycles. The molecule has 33 heavy (non-hydrogen) atoms. The summed E-state index contributed by atoms with van der Waals surface area (Å²) in [5.41, 5.74) is 15.6. The summed E-state index contributed by atoms with van der Waals surface area (Å²) in [6, 6.07) is 5.35. The maximum Gasteiger partial charge on any atom is 0.263 e. The fourth-order valence-corrected chi connectivity index (χ4v) is 5.82. The second-order valence-electron chi connectivity index (χ2n) is 8.97. The molecule has 3 heterocycles. The first-order chi connectivity index (χ1) is 15.8. The average molecular weight is 473 g/mol. The molecular weight excluding hydrogens is 446 g/mol. The number of alkyl halides is 2. The number of fused-ring (bicyclic) bond motifs is 2. The van der Waals surface area contributed by atoms with E-state index in [9.17, 15) is 13.6 Å². The number of halogens is 2. The van der Waals surface area contributed by atoms with Gasteiger partial charge in [-0.15, -0.1) is 11.3 Å². The smallest absolute Gasteiger partial charge is 0.263 e. The van der Waals surface area contributed by atoms with Crippen molar-refractivity contribution >= 4 is 39.0 Å². The number of carbonyl (C=O) groups is 1. The van der Waals surface area contributed by atoms with E-state index in [2.05, 4.69) is 15.3 Å². The van der Waals surface area contributed by atoms with Gasteiger partial charge in [-0.2, -0.15) is 0 Å². The minimum absolute atomic E-state index is 0.0470. The number of hydrogen-bond acceptors (Lipinski definition) is 7. The topological polar surface area (TPSA) is 110 Å². The predicted octanol–water partition coefficient (Wildman–Crippen LogP) is 2.90. The second-order valence-corrected chi connectivity index (χ2v) is 10.0. The third-order valence-electron chi connectivity index (χ3n) is 6.58. The van der Waals surface area contributed by atoms with Crippen LogP contribution in [-0.4, -0.2) is 47.5 Å². The standard InChI is InChI=1S/C23H26F2N6OS/c1-11-2-4-14-18(6-11)33-20(19(14)27)22(32)29-13-3-5-17-12(7-13)8-28-23(30-17)31-9-15(21(24)25)16(26)10-31/h2,4,6,8,13,15-16,21H,3,5,7,9-10,26-27H2,1H3,(H,29,32)/t13-,15-,16-/m1/s1. The van der Waals surface area contributed by atoms with Gasteiger partial charge in [0.1, 0.15) is 4.88 Å². The summed E-state index contributed by atoms with van der Waals surface area (Å²) in [7, 11) is 0. The Morgan fingerprint density at radius 3 is 2.91 bits per heavy atom. The van der Waals surface area contributed by atoms with E-state index in [1.807, 2.05) is 25.1 Å². The van der Waals surface area contributed by atoms with E-state index >= 15 is 0 Å². The number of hydrogen-bond donors (Lipinski definition) is 3. The number of amides is 1. The van der Waals surface area contributed by atoms with Crippen molar-refractivity contribution in [3.05, 3.63) is 46.1 Å².